The van der Waals surface area contributed by atoms with Crippen LogP contribution in [-0.2, 0) is 9.59 Å². The number of aromatic nitrogens is 1. The van der Waals surface area contributed by atoms with Gasteiger partial charge < -0.3 is 5.73 Å². The fraction of sp³-hybridized carbons (Fsp3) is 0.500. The first-order valence-electron chi connectivity index (χ1n) is 5.27. The van der Waals surface area contributed by atoms with Crippen LogP contribution in [0, 0.1) is 6.92 Å². The van der Waals surface area contributed by atoms with Crippen molar-refractivity contribution in [2.45, 2.75) is 24.0 Å². The molecular formula is C10H13N3O2S2. The van der Waals surface area contributed by atoms with Crippen molar-refractivity contribution in [3.8, 4) is 0 Å². The Morgan fingerprint density at radius 2 is 2.06 bits per heavy atom. The lowest BCUT2D eigenvalue weighted by atomic mass is 10.4. The number of anilines is 1. The van der Waals surface area contributed by atoms with Gasteiger partial charge in [-0.25, -0.2) is 4.98 Å². The molecule has 1 saturated heterocycles. The molecule has 2 N–H and O–H groups in total. The molecule has 0 bridgehead atoms. The monoisotopic (exact) mass is 271 g/mol. The van der Waals surface area contributed by atoms with Gasteiger partial charge in [0.15, 0.2) is 5.13 Å². The standard InChI is InChI=1S/C10H13N3O2S2/c1-6-9(17-10(11)12-6)16-5-4-13-7(14)2-3-8(13)15/h2-5H2,1H3,(H2,11,12). The Balaban J connectivity index is 1.85. The number of thiazole rings is 1. The molecule has 7 heteroatoms. The molecule has 92 valence electrons. The Labute approximate surface area is 107 Å². The second-order valence-corrected chi connectivity index (χ2v) is 6.11. The number of rotatable bonds is 4. The zero-order valence-corrected chi connectivity index (χ0v) is 11.1. The molecule has 1 aliphatic rings. The number of thioether (sulfide) groups is 1. The van der Waals surface area contributed by atoms with Gasteiger partial charge in [0.1, 0.15) is 0 Å². The van der Waals surface area contributed by atoms with Crippen LogP contribution in [0.15, 0.2) is 4.21 Å². The molecule has 0 atom stereocenters. The van der Waals surface area contributed by atoms with E-state index in [0.717, 1.165) is 9.90 Å². The zero-order chi connectivity index (χ0) is 12.4. The smallest absolute Gasteiger partial charge is 0.229 e. The molecule has 2 rings (SSSR count). The maximum absolute atomic E-state index is 11.4. The minimum Gasteiger partial charge on any atom is -0.375 e. The van der Waals surface area contributed by atoms with Crippen LogP contribution in [-0.4, -0.2) is 34.0 Å². The third-order valence-electron chi connectivity index (χ3n) is 2.47. The molecule has 17 heavy (non-hydrogen) atoms. The summed E-state index contributed by atoms with van der Waals surface area (Å²) >= 11 is 3.03. The van der Waals surface area contributed by atoms with Crippen LogP contribution in [0.2, 0.25) is 0 Å². The van der Waals surface area contributed by atoms with E-state index in [2.05, 4.69) is 4.98 Å². The van der Waals surface area contributed by atoms with E-state index in [-0.39, 0.29) is 11.8 Å². The molecule has 0 saturated carbocycles. The second kappa shape index (κ2) is 5.05. The summed E-state index contributed by atoms with van der Waals surface area (Å²) in [6.45, 7) is 2.38. The molecule has 1 aromatic heterocycles. The van der Waals surface area contributed by atoms with Gasteiger partial charge in [0.2, 0.25) is 11.8 Å². The van der Waals surface area contributed by atoms with Gasteiger partial charge in [0, 0.05) is 25.1 Å². The van der Waals surface area contributed by atoms with Crippen molar-refractivity contribution in [3.63, 3.8) is 0 Å². The molecule has 0 unspecified atom stereocenters. The van der Waals surface area contributed by atoms with E-state index in [1.165, 1.54) is 16.2 Å². The number of carbonyl (C=O) groups is 2. The number of nitrogens with two attached hydrogens (primary N) is 1. The average molecular weight is 271 g/mol. The normalized spacial score (nSPS) is 15.9. The summed E-state index contributed by atoms with van der Waals surface area (Å²) in [5.41, 5.74) is 6.51. The van der Waals surface area contributed by atoms with Gasteiger partial charge in [0.05, 0.1) is 9.90 Å². The van der Waals surface area contributed by atoms with Crippen molar-refractivity contribution in [2.75, 3.05) is 18.0 Å². The van der Waals surface area contributed by atoms with Crippen LogP contribution in [0.5, 0.6) is 0 Å². The third kappa shape index (κ3) is 2.78. The van der Waals surface area contributed by atoms with E-state index < -0.39 is 0 Å². The molecule has 2 heterocycles. The first-order chi connectivity index (χ1) is 8.08. The van der Waals surface area contributed by atoms with Crippen molar-refractivity contribution < 1.29 is 9.59 Å². The predicted octanol–water partition coefficient (Wildman–Crippen LogP) is 1.27. The van der Waals surface area contributed by atoms with Crippen molar-refractivity contribution in [1.29, 1.82) is 0 Å². The van der Waals surface area contributed by atoms with E-state index in [4.69, 9.17) is 5.73 Å². The molecule has 1 aliphatic heterocycles. The van der Waals surface area contributed by atoms with E-state index >= 15 is 0 Å². The van der Waals surface area contributed by atoms with Crippen LogP contribution in [0.3, 0.4) is 0 Å². The van der Waals surface area contributed by atoms with Gasteiger partial charge in [-0.2, -0.15) is 0 Å². The summed E-state index contributed by atoms with van der Waals surface area (Å²) in [6, 6.07) is 0. The number of carbonyl (C=O) groups excluding carboxylic acids is 2. The van der Waals surface area contributed by atoms with E-state index in [1.807, 2.05) is 6.92 Å². The Kier molecular flexibility index (Phi) is 3.68. The van der Waals surface area contributed by atoms with E-state index in [0.29, 0.717) is 30.3 Å². The number of likely N-dealkylation sites (tertiary alicyclic amines) is 1. The summed E-state index contributed by atoms with van der Waals surface area (Å²) in [5, 5.41) is 0.554. The highest BCUT2D eigenvalue weighted by atomic mass is 32.2. The summed E-state index contributed by atoms with van der Waals surface area (Å²) in [7, 11) is 0. The first kappa shape index (κ1) is 12.4. The SMILES string of the molecule is Cc1nc(N)sc1SCCN1C(=O)CCC1=O. The Hall–Kier alpha value is -1.08. The number of imide groups is 1. The van der Waals surface area contributed by atoms with Gasteiger partial charge in [-0.1, -0.05) is 11.3 Å². The Morgan fingerprint density at radius 1 is 1.41 bits per heavy atom. The van der Waals surface area contributed by atoms with Gasteiger partial charge in [-0.3, -0.25) is 14.5 Å². The fourth-order valence-electron chi connectivity index (χ4n) is 1.64. The molecule has 1 aromatic rings. The molecular weight excluding hydrogens is 258 g/mol. The molecule has 1 fully saturated rings. The van der Waals surface area contributed by atoms with Crippen LogP contribution in [0.25, 0.3) is 0 Å². The highest BCUT2D eigenvalue weighted by Crippen LogP contribution is 2.30. The summed E-state index contributed by atoms with van der Waals surface area (Å²) < 4.78 is 1.06. The molecule has 0 aromatic carbocycles. The van der Waals surface area contributed by atoms with Crippen molar-refractivity contribution in [1.82, 2.24) is 9.88 Å². The molecule has 0 radical (unpaired) electrons. The van der Waals surface area contributed by atoms with Gasteiger partial charge in [-0.15, -0.1) is 11.8 Å². The minimum absolute atomic E-state index is 0.0591. The van der Waals surface area contributed by atoms with Gasteiger partial charge in [-0.05, 0) is 6.92 Å². The largest absolute Gasteiger partial charge is 0.375 e. The Morgan fingerprint density at radius 3 is 2.59 bits per heavy atom. The van der Waals surface area contributed by atoms with Crippen LogP contribution >= 0.6 is 23.1 Å². The van der Waals surface area contributed by atoms with Crippen LogP contribution in [0.1, 0.15) is 18.5 Å². The maximum atomic E-state index is 11.4. The average Bonchev–Trinajstić information content (AvgIpc) is 2.74. The topological polar surface area (TPSA) is 76.3 Å². The number of nitrogen functional groups attached to an aromatic ring is 1. The van der Waals surface area contributed by atoms with Gasteiger partial charge in [0.25, 0.3) is 0 Å². The van der Waals surface area contributed by atoms with Crippen LogP contribution in [0.4, 0.5) is 5.13 Å². The highest BCUT2D eigenvalue weighted by Gasteiger charge is 2.28. The zero-order valence-electron chi connectivity index (χ0n) is 9.43. The first-order valence-corrected chi connectivity index (χ1v) is 7.07. The quantitative estimate of drug-likeness (QED) is 0.659. The van der Waals surface area contributed by atoms with Crippen LogP contribution < -0.4 is 5.73 Å². The lowest BCUT2D eigenvalue weighted by Crippen LogP contribution is -2.31. The molecule has 5 nitrogen and oxygen atoms in total. The molecule has 2 amide bonds. The van der Waals surface area contributed by atoms with Crippen molar-refractivity contribution >= 4 is 40.0 Å². The molecule has 0 aliphatic carbocycles. The second-order valence-electron chi connectivity index (χ2n) is 3.71. The number of hydrogen-bond donors (Lipinski definition) is 1. The van der Waals surface area contributed by atoms with E-state index in [1.54, 1.807) is 11.8 Å². The predicted molar refractivity (Wildman–Crippen MR) is 67.9 cm³/mol. The Bertz CT molecular complexity index is 442. The summed E-state index contributed by atoms with van der Waals surface area (Å²) in [5.74, 6) is 0.576. The van der Waals surface area contributed by atoms with E-state index in [9.17, 15) is 9.59 Å². The van der Waals surface area contributed by atoms with Crippen molar-refractivity contribution in [2.24, 2.45) is 0 Å². The lowest BCUT2D eigenvalue weighted by Gasteiger charge is -2.12. The number of nitrogens with zero attached hydrogens (tertiary/aromatic N) is 2. The lowest BCUT2D eigenvalue weighted by molar-refractivity contribution is -0.137. The molecule has 0 spiro atoms. The number of amides is 2. The number of aryl methyl sites for hydroxylation is 1. The minimum atomic E-state index is -0.0591. The summed E-state index contributed by atoms with van der Waals surface area (Å²) in [6.07, 6.45) is 0.714. The highest BCUT2D eigenvalue weighted by molar-refractivity contribution is 8.01. The fourth-order valence-corrected chi connectivity index (χ4v) is 3.66. The van der Waals surface area contributed by atoms with Crippen molar-refractivity contribution in [3.05, 3.63) is 5.69 Å². The maximum Gasteiger partial charge on any atom is 0.229 e. The summed E-state index contributed by atoms with van der Waals surface area (Å²) in [4.78, 5) is 28.2. The number of hydrogen-bond acceptors (Lipinski definition) is 6. The van der Waals surface area contributed by atoms with Gasteiger partial charge >= 0.3 is 0 Å². The third-order valence-corrected chi connectivity index (χ3v) is 4.80.